The molecule has 0 aliphatic heterocycles. The lowest BCUT2D eigenvalue weighted by Crippen LogP contribution is -2.47. The summed E-state index contributed by atoms with van der Waals surface area (Å²) in [6, 6.07) is 12.7. The maximum Gasteiger partial charge on any atom is 0.242 e. The summed E-state index contributed by atoms with van der Waals surface area (Å²) < 4.78 is 0. The Balaban J connectivity index is 2.07. The van der Waals surface area contributed by atoms with Crippen molar-refractivity contribution in [1.82, 2.24) is 10.2 Å². The van der Waals surface area contributed by atoms with Crippen molar-refractivity contribution in [3.63, 3.8) is 0 Å². The van der Waals surface area contributed by atoms with E-state index in [4.69, 9.17) is 23.2 Å². The van der Waals surface area contributed by atoms with Crippen molar-refractivity contribution in [2.75, 3.05) is 12.8 Å². The molecular formula is C21H24Cl2N2O2S. The van der Waals surface area contributed by atoms with Gasteiger partial charge in [0.1, 0.15) is 6.04 Å². The molecule has 150 valence electrons. The second kappa shape index (κ2) is 10.7. The molecule has 0 unspecified atom stereocenters. The average molecular weight is 439 g/mol. The maximum absolute atomic E-state index is 12.9. The number of amides is 2. The lowest BCUT2D eigenvalue weighted by molar-refractivity contribution is -0.138. The van der Waals surface area contributed by atoms with Gasteiger partial charge < -0.3 is 10.2 Å². The van der Waals surface area contributed by atoms with Crippen LogP contribution in [-0.4, -0.2) is 35.6 Å². The quantitative estimate of drug-likeness (QED) is 0.649. The van der Waals surface area contributed by atoms with E-state index in [-0.39, 0.29) is 17.6 Å². The number of nitrogens with one attached hydrogen (secondary N) is 1. The zero-order valence-electron chi connectivity index (χ0n) is 16.2. The van der Waals surface area contributed by atoms with E-state index in [1.807, 2.05) is 37.3 Å². The van der Waals surface area contributed by atoms with Gasteiger partial charge in [-0.2, -0.15) is 0 Å². The Morgan fingerprint density at radius 1 is 1.14 bits per heavy atom. The first kappa shape index (κ1) is 22.6. The predicted octanol–water partition coefficient (Wildman–Crippen LogP) is 4.70. The molecule has 0 aromatic heterocycles. The third-order valence-corrected chi connectivity index (χ3v) is 6.07. The van der Waals surface area contributed by atoms with Crippen LogP contribution in [-0.2, 0) is 21.9 Å². The third kappa shape index (κ3) is 6.16. The van der Waals surface area contributed by atoms with Gasteiger partial charge in [0, 0.05) is 29.4 Å². The van der Waals surface area contributed by atoms with Crippen molar-refractivity contribution in [2.24, 2.45) is 0 Å². The highest BCUT2D eigenvalue weighted by molar-refractivity contribution is 7.99. The summed E-state index contributed by atoms with van der Waals surface area (Å²) in [6.07, 6.45) is 0. The molecule has 0 heterocycles. The van der Waals surface area contributed by atoms with E-state index in [0.29, 0.717) is 22.3 Å². The first-order valence-corrected chi connectivity index (χ1v) is 10.8. The predicted molar refractivity (Wildman–Crippen MR) is 118 cm³/mol. The minimum absolute atomic E-state index is 0.0885. The van der Waals surface area contributed by atoms with E-state index in [2.05, 4.69) is 5.32 Å². The summed E-state index contributed by atoms with van der Waals surface area (Å²) in [5.74, 6) is 0.572. The normalized spacial score (nSPS) is 11.8. The summed E-state index contributed by atoms with van der Waals surface area (Å²) >= 11 is 13.6. The molecule has 0 radical (unpaired) electrons. The molecule has 28 heavy (non-hydrogen) atoms. The molecule has 2 amide bonds. The van der Waals surface area contributed by atoms with Gasteiger partial charge >= 0.3 is 0 Å². The minimum atomic E-state index is -0.558. The van der Waals surface area contributed by atoms with E-state index in [9.17, 15) is 9.59 Å². The van der Waals surface area contributed by atoms with E-state index in [1.54, 1.807) is 31.0 Å². The second-order valence-corrected chi connectivity index (χ2v) is 8.30. The van der Waals surface area contributed by atoms with Gasteiger partial charge in [-0.1, -0.05) is 53.5 Å². The van der Waals surface area contributed by atoms with E-state index < -0.39 is 6.04 Å². The number of rotatable bonds is 8. The molecule has 0 aliphatic rings. The molecule has 0 bridgehead atoms. The lowest BCUT2D eigenvalue weighted by atomic mass is 10.1. The molecule has 0 spiro atoms. The van der Waals surface area contributed by atoms with Crippen LogP contribution in [0.25, 0.3) is 0 Å². The molecule has 2 aromatic rings. The smallest absolute Gasteiger partial charge is 0.242 e. The molecule has 0 fully saturated rings. The SMILES string of the molecule is CNC(=O)[C@@H](C)N(Cc1ccccc1C)C(=O)CSCc1ccc(Cl)cc1Cl. The summed E-state index contributed by atoms with van der Waals surface area (Å²) in [4.78, 5) is 26.7. The highest BCUT2D eigenvalue weighted by atomic mass is 35.5. The van der Waals surface area contributed by atoms with Crippen LogP contribution in [0, 0.1) is 6.92 Å². The van der Waals surface area contributed by atoms with Gasteiger partial charge in [-0.15, -0.1) is 11.8 Å². The largest absolute Gasteiger partial charge is 0.357 e. The van der Waals surface area contributed by atoms with E-state index >= 15 is 0 Å². The number of thioether (sulfide) groups is 1. The average Bonchev–Trinajstić information content (AvgIpc) is 2.67. The van der Waals surface area contributed by atoms with Crippen LogP contribution in [0.3, 0.4) is 0 Å². The first-order valence-electron chi connectivity index (χ1n) is 8.90. The van der Waals surface area contributed by atoms with Crippen LogP contribution in [0.4, 0.5) is 0 Å². The van der Waals surface area contributed by atoms with Crippen LogP contribution in [0.2, 0.25) is 10.0 Å². The van der Waals surface area contributed by atoms with E-state index in [1.165, 1.54) is 11.8 Å². The zero-order valence-corrected chi connectivity index (χ0v) is 18.5. The van der Waals surface area contributed by atoms with Gasteiger partial charge in [-0.3, -0.25) is 9.59 Å². The van der Waals surface area contributed by atoms with Crippen molar-refractivity contribution in [3.8, 4) is 0 Å². The van der Waals surface area contributed by atoms with Gasteiger partial charge in [-0.25, -0.2) is 0 Å². The highest BCUT2D eigenvalue weighted by Crippen LogP contribution is 2.25. The number of nitrogens with zero attached hydrogens (tertiary/aromatic N) is 1. The number of carbonyl (C=O) groups excluding carboxylic acids is 2. The fraction of sp³-hybridized carbons (Fsp3) is 0.333. The van der Waals surface area contributed by atoms with Crippen LogP contribution >= 0.6 is 35.0 Å². The monoisotopic (exact) mass is 438 g/mol. The van der Waals surface area contributed by atoms with Crippen LogP contribution in [0.1, 0.15) is 23.6 Å². The molecule has 4 nitrogen and oxygen atoms in total. The Morgan fingerprint density at radius 3 is 2.50 bits per heavy atom. The number of likely N-dealkylation sites (N-methyl/N-ethyl adjacent to an activating group) is 1. The lowest BCUT2D eigenvalue weighted by Gasteiger charge is -2.29. The van der Waals surface area contributed by atoms with Gasteiger partial charge in [0.25, 0.3) is 0 Å². The second-order valence-electron chi connectivity index (χ2n) is 6.47. The van der Waals surface area contributed by atoms with Crippen molar-refractivity contribution in [2.45, 2.75) is 32.2 Å². The van der Waals surface area contributed by atoms with E-state index in [0.717, 1.165) is 16.7 Å². The van der Waals surface area contributed by atoms with Crippen molar-refractivity contribution >= 4 is 46.8 Å². The van der Waals surface area contributed by atoms with Crippen LogP contribution in [0.5, 0.6) is 0 Å². The number of benzene rings is 2. The van der Waals surface area contributed by atoms with Gasteiger partial charge in [0.05, 0.1) is 5.75 Å². The highest BCUT2D eigenvalue weighted by Gasteiger charge is 2.25. The van der Waals surface area contributed by atoms with Gasteiger partial charge in [-0.05, 0) is 42.7 Å². The standard InChI is InChI=1S/C21H24Cl2N2O2S/c1-14-6-4-5-7-16(14)11-25(15(2)21(27)24-3)20(26)13-28-12-17-8-9-18(22)10-19(17)23/h4-10,15H,11-13H2,1-3H3,(H,24,27)/t15-/m1/s1. The van der Waals surface area contributed by atoms with Crippen molar-refractivity contribution in [3.05, 3.63) is 69.2 Å². The Morgan fingerprint density at radius 2 is 1.86 bits per heavy atom. The minimum Gasteiger partial charge on any atom is -0.357 e. The van der Waals surface area contributed by atoms with Crippen molar-refractivity contribution in [1.29, 1.82) is 0 Å². The molecule has 1 N–H and O–H groups in total. The van der Waals surface area contributed by atoms with Crippen LogP contribution < -0.4 is 5.32 Å². The summed E-state index contributed by atoms with van der Waals surface area (Å²) in [5.41, 5.74) is 3.04. The van der Waals surface area contributed by atoms with Gasteiger partial charge in [0.15, 0.2) is 0 Å². The molecule has 0 saturated heterocycles. The first-order chi connectivity index (χ1) is 13.3. The number of aryl methyl sites for hydroxylation is 1. The molecule has 1 atom stereocenters. The van der Waals surface area contributed by atoms with Crippen LogP contribution in [0.15, 0.2) is 42.5 Å². The Bertz CT molecular complexity index is 845. The molecular weight excluding hydrogens is 415 g/mol. The number of hydrogen-bond acceptors (Lipinski definition) is 3. The van der Waals surface area contributed by atoms with Crippen molar-refractivity contribution < 1.29 is 9.59 Å². The fourth-order valence-electron chi connectivity index (χ4n) is 2.73. The van der Waals surface area contributed by atoms with Gasteiger partial charge in [0.2, 0.25) is 11.8 Å². The molecule has 0 saturated carbocycles. The number of halogens is 2. The fourth-order valence-corrected chi connectivity index (χ4v) is 4.20. The molecule has 2 aromatic carbocycles. The molecule has 2 rings (SSSR count). The summed E-state index contributed by atoms with van der Waals surface area (Å²) in [5, 5.41) is 3.79. The number of carbonyl (C=O) groups is 2. The Labute approximate surface area is 180 Å². The summed E-state index contributed by atoms with van der Waals surface area (Å²) in [7, 11) is 1.58. The molecule has 7 heteroatoms. The Hall–Kier alpha value is -1.69. The molecule has 0 aliphatic carbocycles. The Kier molecular flexibility index (Phi) is 8.67. The maximum atomic E-state index is 12.9. The number of hydrogen-bond donors (Lipinski definition) is 1. The topological polar surface area (TPSA) is 49.4 Å². The zero-order chi connectivity index (χ0) is 20.7. The summed E-state index contributed by atoms with van der Waals surface area (Å²) in [6.45, 7) is 4.14. The third-order valence-electron chi connectivity index (χ3n) is 4.51.